The van der Waals surface area contributed by atoms with Crippen molar-refractivity contribution < 1.29 is 9.72 Å². The molecule has 10 heteroatoms. The summed E-state index contributed by atoms with van der Waals surface area (Å²) in [7, 11) is 1.78. The number of amides is 1. The summed E-state index contributed by atoms with van der Waals surface area (Å²) >= 11 is 0. The van der Waals surface area contributed by atoms with E-state index in [2.05, 4.69) is 26.0 Å². The second-order valence-electron chi connectivity index (χ2n) is 6.82. The summed E-state index contributed by atoms with van der Waals surface area (Å²) in [5, 5.41) is 24.4. The molecular formula is C18H25N7O3. The molecule has 1 aliphatic heterocycles. The van der Waals surface area contributed by atoms with Crippen LogP contribution < -0.4 is 16.0 Å². The summed E-state index contributed by atoms with van der Waals surface area (Å²) in [6, 6.07) is 6.20. The van der Waals surface area contributed by atoms with Crippen LogP contribution in [0, 0.1) is 10.1 Å². The Kier molecular flexibility index (Phi) is 6.53. The number of rotatable bonds is 8. The van der Waals surface area contributed by atoms with Crippen LogP contribution >= 0.6 is 0 Å². The standard InChI is InChI=1S/C18H25N7O3/c1-24-18(22-17(23-24)13-8-11-19-12-9-13)21-16(26)3-2-10-20-14-4-6-15(7-5-14)25(27)28/h4-7,13,19-20H,2-3,8-12H2,1H3,(H,21,22,23,26). The summed E-state index contributed by atoms with van der Waals surface area (Å²) in [5.74, 6) is 1.49. The van der Waals surface area contributed by atoms with Crippen molar-refractivity contribution in [2.24, 2.45) is 7.05 Å². The molecule has 1 amide bonds. The van der Waals surface area contributed by atoms with Crippen LogP contribution in [-0.4, -0.2) is 45.2 Å². The highest BCUT2D eigenvalue weighted by Gasteiger charge is 2.21. The second kappa shape index (κ2) is 9.27. The molecule has 0 bridgehead atoms. The van der Waals surface area contributed by atoms with Crippen molar-refractivity contribution in [2.45, 2.75) is 31.6 Å². The molecule has 2 heterocycles. The van der Waals surface area contributed by atoms with Gasteiger partial charge < -0.3 is 10.6 Å². The van der Waals surface area contributed by atoms with E-state index >= 15 is 0 Å². The summed E-state index contributed by atoms with van der Waals surface area (Å²) in [6.45, 7) is 2.52. The molecule has 0 radical (unpaired) electrons. The van der Waals surface area contributed by atoms with Crippen molar-refractivity contribution in [2.75, 3.05) is 30.3 Å². The fourth-order valence-electron chi connectivity index (χ4n) is 3.14. The van der Waals surface area contributed by atoms with Gasteiger partial charge in [0.2, 0.25) is 11.9 Å². The van der Waals surface area contributed by atoms with Gasteiger partial charge in [-0.25, -0.2) is 4.68 Å². The van der Waals surface area contributed by atoms with Crippen molar-refractivity contribution in [3.63, 3.8) is 0 Å². The number of nitro benzene ring substituents is 1. The molecule has 0 atom stereocenters. The van der Waals surface area contributed by atoms with Crippen molar-refractivity contribution in [3.05, 3.63) is 40.2 Å². The van der Waals surface area contributed by atoms with Crippen LogP contribution in [0.2, 0.25) is 0 Å². The molecule has 1 saturated heterocycles. The Bertz CT molecular complexity index is 813. The number of anilines is 2. The summed E-state index contributed by atoms with van der Waals surface area (Å²) in [5.41, 5.74) is 0.836. The van der Waals surface area contributed by atoms with Crippen LogP contribution in [0.4, 0.5) is 17.3 Å². The maximum atomic E-state index is 12.2. The van der Waals surface area contributed by atoms with Crippen molar-refractivity contribution >= 4 is 23.2 Å². The first-order valence-corrected chi connectivity index (χ1v) is 9.43. The van der Waals surface area contributed by atoms with Gasteiger partial charge in [-0.3, -0.25) is 20.2 Å². The van der Waals surface area contributed by atoms with Gasteiger partial charge in [-0.15, -0.1) is 0 Å². The molecule has 1 aliphatic rings. The summed E-state index contributed by atoms with van der Waals surface area (Å²) in [4.78, 5) is 26.9. The van der Waals surface area contributed by atoms with Gasteiger partial charge in [0, 0.05) is 43.8 Å². The molecule has 1 fully saturated rings. The SMILES string of the molecule is Cn1nc(C2CCNCC2)nc1NC(=O)CCCNc1ccc([N+](=O)[O-])cc1. The number of aryl methyl sites for hydroxylation is 1. The number of nitrogens with zero attached hydrogens (tertiary/aromatic N) is 4. The molecule has 0 saturated carbocycles. The third-order valence-corrected chi connectivity index (χ3v) is 4.72. The van der Waals surface area contributed by atoms with Gasteiger partial charge in [0.25, 0.3) is 5.69 Å². The highest BCUT2D eigenvalue weighted by atomic mass is 16.6. The van der Waals surface area contributed by atoms with Crippen LogP contribution in [0.1, 0.15) is 37.4 Å². The number of non-ortho nitro benzene ring substituents is 1. The number of benzene rings is 1. The smallest absolute Gasteiger partial charge is 0.269 e. The Morgan fingerprint density at radius 2 is 2.04 bits per heavy atom. The van der Waals surface area contributed by atoms with Gasteiger partial charge in [0.1, 0.15) is 0 Å². The third kappa shape index (κ3) is 5.26. The predicted molar refractivity (Wildman–Crippen MR) is 105 cm³/mol. The zero-order valence-corrected chi connectivity index (χ0v) is 15.9. The van der Waals surface area contributed by atoms with Crippen LogP contribution in [0.5, 0.6) is 0 Å². The monoisotopic (exact) mass is 387 g/mol. The molecule has 10 nitrogen and oxygen atoms in total. The Morgan fingerprint density at radius 1 is 1.32 bits per heavy atom. The molecular weight excluding hydrogens is 362 g/mol. The van der Waals surface area contributed by atoms with Gasteiger partial charge >= 0.3 is 0 Å². The average Bonchev–Trinajstić information content (AvgIpc) is 3.06. The molecule has 150 valence electrons. The first kappa shape index (κ1) is 19.7. The largest absolute Gasteiger partial charge is 0.385 e. The zero-order chi connectivity index (χ0) is 19.9. The van der Waals surface area contributed by atoms with Gasteiger partial charge in [-0.05, 0) is 44.5 Å². The van der Waals surface area contributed by atoms with Crippen molar-refractivity contribution in [3.8, 4) is 0 Å². The summed E-state index contributed by atoms with van der Waals surface area (Å²) < 4.78 is 1.62. The lowest BCUT2D eigenvalue weighted by Gasteiger charge is -2.19. The number of piperidine rings is 1. The van der Waals surface area contributed by atoms with E-state index in [4.69, 9.17) is 0 Å². The molecule has 3 N–H and O–H groups in total. The number of aromatic nitrogens is 3. The molecule has 1 aromatic carbocycles. The lowest BCUT2D eigenvalue weighted by Crippen LogP contribution is -2.27. The van der Waals surface area contributed by atoms with E-state index in [1.165, 1.54) is 12.1 Å². The van der Waals surface area contributed by atoms with E-state index in [9.17, 15) is 14.9 Å². The fourth-order valence-corrected chi connectivity index (χ4v) is 3.14. The van der Waals surface area contributed by atoms with Crippen LogP contribution in [0.3, 0.4) is 0 Å². The maximum Gasteiger partial charge on any atom is 0.269 e. The topological polar surface area (TPSA) is 127 Å². The van der Waals surface area contributed by atoms with Crippen molar-refractivity contribution in [1.29, 1.82) is 0 Å². The van der Waals surface area contributed by atoms with Crippen LogP contribution in [0.15, 0.2) is 24.3 Å². The third-order valence-electron chi connectivity index (χ3n) is 4.72. The molecule has 3 rings (SSSR count). The summed E-state index contributed by atoms with van der Waals surface area (Å²) in [6.07, 6.45) is 2.98. The number of carbonyl (C=O) groups is 1. The Hall–Kier alpha value is -3.01. The second-order valence-corrected chi connectivity index (χ2v) is 6.82. The molecule has 28 heavy (non-hydrogen) atoms. The number of hydrogen-bond acceptors (Lipinski definition) is 7. The molecule has 0 unspecified atom stereocenters. The van der Waals surface area contributed by atoms with E-state index in [-0.39, 0.29) is 11.6 Å². The van der Waals surface area contributed by atoms with Crippen LogP contribution in [0.25, 0.3) is 0 Å². The molecule has 2 aromatic rings. The minimum Gasteiger partial charge on any atom is -0.385 e. The van der Waals surface area contributed by atoms with E-state index in [0.29, 0.717) is 31.3 Å². The zero-order valence-electron chi connectivity index (χ0n) is 15.9. The molecule has 0 aliphatic carbocycles. The quantitative estimate of drug-likeness (QED) is 0.359. The molecule has 0 spiro atoms. The lowest BCUT2D eigenvalue weighted by molar-refractivity contribution is -0.384. The minimum atomic E-state index is -0.433. The normalized spacial score (nSPS) is 14.6. The first-order chi connectivity index (χ1) is 13.5. The van der Waals surface area contributed by atoms with E-state index in [1.807, 2.05) is 0 Å². The van der Waals surface area contributed by atoms with E-state index < -0.39 is 4.92 Å². The number of nitrogens with one attached hydrogen (secondary N) is 3. The number of carbonyl (C=O) groups excluding carboxylic acids is 1. The predicted octanol–water partition coefficient (Wildman–Crippen LogP) is 2.02. The van der Waals surface area contributed by atoms with Gasteiger partial charge in [-0.1, -0.05) is 0 Å². The number of hydrogen-bond donors (Lipinski definition) is 3. The first-order valence-electron chi connectivity index (χ1n) is 9.43. The Balaban J connectivity index is 1.42. The van der Waals surface area contributed by atoms with E-state index in [1.54, 1.807) is 23.9 Å². The van der Waals surface area contributed by atoms with Gasteiger partial charge in [0.05, 0.1) is 4.92 Å². The average molecular weight is 387 g/mol. The number of nitro groups is 1. The highest BCUT2D eigenvalue weighted by molar-refractivity contribution is 5.88. The van der Waals surface area contributed by atoms with Crippen LogP contribution in [-0.2, 0) is 11.8 Å². The van der Waals surface area contributed by atoms with Crippen molar-refractivity contribution in [1.82, 2.24) is 20.1 Å². The fraction of sp³-hybridized carbons (Fsp3) is 0.500. The van der Waals surface area contributed by atoms with E-state index in [0.717, 1.165) is 37.4 Å². The minimum absolute atomic E-state index is 0.0532. The maximum absolute atomic E-state index is 12.2. The van der Waals surface area contributed by atoms with Gasteiger partial charge in [-0.2, -0.15) is 10.1 Å². The highest BCUT2D eigenvalue weighted by Crippen LogP contribution is 2.23. The Labute approximate surface area is 162 Å². The van der Waals surface area contributed by atoms with Gasteiger partial charge in [0.15, 0.2) is 5.82 Å². The Morgan fingerprint density at radius 3 is 2.71 bits per heavy atom. The lowest BCUT2D eigenvalue weighted by atomic mass is 9.98. The molecule has 1 aromatic heterocycles.